The molecule has 1 aromatic carbocycles. The zero-order valence-corrected chi connectivity index (χ0v) is 15.3. The molecule has 0 radical (unpaired) electrons. The molecule has 1 atom stereocenters. The molecule has 2 aromatic rings. The monoisotopic (exact) mass is 345 g/mol. The molecule has 1 heterocycles. The Labute approximate surface area is 148 Å². The van der Waals surface area contributed by atoms with Crippen LogP contribution in [0.4, 0.5) is 8.78 Å². The van der Waals surface area contributed by atoms with Gasteiger partial charge in [0, 0.05) is 11.6 Å². The highest BCUT2D eigenvalue weighted by atomic mass is 19.1. The van der Waals surface area contributed by atoms with Gasteiger partial charge in [0.25, 0.3) is 0 Å². The lowest BCUT2D eigenvalue weighted by Gasteiger charge is -2.30. The molecule has 134 valence electrons. The van der Waals surface area contributed by atoms with Crippen LogP contribution in [0.25, 0.3) is 11.1 Å². The van der Waals surface area contributed by atoms with Crippen LogP contribution < -0.4 is 4.74 Å². The molecule has 1 aliphatic rings. The summed E-state index contributed by atoms with van der Waals surface area (Å²) in [6.07, 6.45) is 5.06. The Morgan fingerprint density at radius 2 is 1.92 bits per heavy atom. The average molecular weight is 345 g/mol. The minimum atomic E-state index is -0.457. The van der Waals surface area contributed by atoms with Crippen molar-refractivity contribution in [1.82, 2.24) is 4.98 Å². The lowest BCUT2D eigenvalue weighted by molar-refractivity contribution is 0.332. The Morgan fingerprint density at radius 3 is 2.52 bits per heavy atom. The number of halogens is 2. The first-order valence-electron chi connectivity index (χ1n) is 8.89. The van der Waals surface area contributed by atoms with Gasteiger partial charge in [0.2, 0.25) is 5.88 Å². The van der Waals surface area contributed by atoms with E-state index in [9.17, 15) is 8.78 Å². The third-order valence-corrected chi connectivity index (χ3v) is 5.56. The van der Waals surface area contributed by atoms with Crippen LogP contribution in [0.1, 0.15) is 57.1 Å². The smallest absolute Gasteiger partial charge is 0.213 e. The molecule has 0 N–H and O–H groups in total. The molecule has 3 rings (SSSR count). The van der Waals surface area contributed by atoms with Gasteiger partial charge in [-0.25, -0.2) is 13.8 Å². The SMILES string of the molecule is CCc1cc([C@H]2CCCC2(C)C)c(-c2cc(OC)ncc2F)cc1F. The molecule has 0 aliphatic heterocycles. The van der Waals surface area contributed by atoms with Gasteiger partial charge in [-0.3, -0.25) is 0 Å². The molecule has 0 bridgehead atoms. The van der Waals surface area contributed by atoms with E-state index in [0.717, 1.165) is 31.0 Å². The van der Waals surface area contributed by atoms with Gasteiger partial charge in [0.15, 0.2) is 0 Å². The Morgan fingerprint density at radius 1 is 1.16 bits per heavy atom. The van der Waals surface area contributed by atoms with E-state index in [2.05, 4.69) is 18.8 Å². The predicted octanol–water partition coefficient (Wildman–Crippen LogP) is 5.89. The maximum absolute atomic E-state index is 14.5. The number of hydrogen-bond donors (Lipinski definition) is 0. The van der Waals surface area contributed by atoms with Crippen LogP contribution >= 0.6 is 0 Å². The maximum atomic E-state index is 14.5. The highest BCUT2D eigenvalue weighted by Gasteiger charge is 2.37. The second-order valence-electron chi connectivity index (χ2n) is 7.52. The van der Waals surface area contributed by atoms with Crippen LogP contribution in [0.3, 0.4) is 0 Å². The fourth-order valence-corrected chi connectivity index (χ4v) is 4.07. The van der Waals surface area contributed by atoms with Crippen molar-refractivity contribution in [2.45, 2.75) is 52.4 Å². The van der Waals surface area contributed by atoms with Crippen LogP contribution in [0.2, 0.25) is 0 Å². The van der Waals surface area contributed by atoms with Crippen molar-refractivity contribution in [1.29, 1.82) is 0 Å². The Bertz CT molecular complexity index is 786. The van der Waals surface area contributed by atoms with Gasteiger partial charge in [-0.05, 0) is 53.4 Å². The molecular formula is C21H25F2NO. The molecule has 0 amide bonds. The second kappa shape index (κ2) is 6.74. The van der Waals surface area contributed by atoms with Crippen molar-refractivity contribution in [3.63, 3.8) is 0 Å². The molecular weight excluding hydrogens is 320 g/mol. The minimum Gasteiger partial charge on any atom is -0.481 e. The summed E-state index contributed by atoms with van der Waals surface area (Å²) in [7, 11) is 1.49. The maximum Gasteiger partial charge on any atom is 0.213 e. The minimum absolute atomic E-state index is 0.116. The van der Waals surface area contributed by atoms with Gasteiger partial charge in [-0.15, -0.1) is 0 Å². The van der Waals surface area contributed by atoms with Gasteiger partial charge >= 0.3 is 0 Å². The van der Waals surface area contributed by atoms with E-state index in [0.29, 0.717) is 29.0 Å². The molecule has 1 fully saturated rings. The van der Waals surface area contributed by atoms with E-state index in [1.165, 1.54) is 13.2 Å². The number of benzene rings is 1. The van der Waals surface area contributed by atoms with Crippen molar-refractivity contribution in [2.24, 2.45) is 5.41 Å². The summed E-state index contributed by atoms with van der Waals surface area (Å²) in [4.78, 5) is 3.90. The molecule has 0 saturated heterocycles. The summed E-state index contributed by atoms with van der Waals surface area (Å²) < 4.78 is 34.2. The van der Waals surface area contributed by atoms with E-state index in [-0.39, 0.29) is 17.2 Å². The molecule has 1 aliphatic carbocycles. The molecule has 25 heavy (non-hydrogen) atoms. The first kappa shape index (κ1) is 17.8. The van der Waals surface area contributed by atoms with E-state index in [4.69, 9.17) is 4.74 Å². The van der Waals surface area contributed by atoms with Crippen molar-refractivity contribution >= 4 is 0 Å². The summed E-state index contributed by atoms with van der Waals surface area (Å²) in [5.74, 6) is -0.131. The number of nitrogens with zero attached hydrogens (tertiary/aromatic N) is 1. The van der Waals surface area contributed by atoms with Crippen molar-refractivity contribution in [3.8, 4) is 17.0 Å². The predicted molar refractivity (Wildman–Crippen MR) is 95.9 cm³/mol. The first-order valence-corrected chi connectivity index (χ1v) is 8.89. The molecule has 4 heteroatoms. The van der Waals surface area contributed by atoms with E-state index < -0.39 is 5.82 Å². The van der Waals surface area contributed by atoms with E-state index >= 15 is 0 Å². The van der Waals surface area contributed by atoms with Crippen molar-refractivity contribution < 1.29 is 13.5 Å². The molecule has 2 nitrogen and oxygen atoms in total. The lowest BCUT2D eigenvalue weighted by Crippen LogP contribution is -2.17. The topological polar surface area (TPSA) is 22.1 Å². The Balaban J connectivity index is 2.24. The zero-order chi connectivity index (χ0) is 18.2. The highest BCUT2D eigenvalue weighted by molar-refractivity contribution is 5.70. The standard InChI is InChI=1S/C21H25F2NO/c1-5-13-9-15(17-7-6-8-21(17,2)3)14(10-18(13)22)16-11-20(25-4)24-12-19(16)23/h9-12,17H,5-8H2,1-4H3/t17-/m1/s1. The van der Waals surface area contributed by atoms with Crippen LogP contribution in [-0.4, -0.2) is 12.1 Å². The summed E-state index contributed by atoms with van der Waals surface area (Å²) in [5.41, 5.74) is 2.81. The highest BCUT2D eigenvalue weighted by Crippen LogP contribution is 2.51. The number of methoxy groups -OCH3 is 1. The van der Waals surface area contributed by atoms with Crippen LogP contribution in [-0.2, 0) is 6.42 Å². The number of ether oxygens (including phenoxy) is 1. The molecule has 1 aromatic heterocycles. The second-order valence-corrected chi connectivity index (χ2v) is 7.52. The summed E-state index contributed by atoms with van der Waals surface area (Å²) in [5, 5.41) is 0. The molecule has 0 spiro atoms. The first-order chi connectivity index (χ1) is 11.9. The van der Waals surface area contributed by atoms with Gasteiger partial charge in [-0.1, -0.05) is 33.3 Å². The third-order valence-electron chi connectivity index (χ3n) is 5.56. The normalized spacial score (nSPS) is 19.2. The summed E-state index contributed by atoms with van der Waals surface area (Å²) in [6, 6.07) is 4.98. The molecule has 1 saturated carbocycles. The fraction of sp³-hybridized carbons (Fsp3) is 0.476. The van der Waals surface area contributed by atoms with Gasteiger partial charge in [0.05, 0.1) is 13.3 Å². The fourth-order valence-electron chi connectivity index (χ4n) is 4.07. The number of rotatable bonds is 4. The quantitative estimate of drug-likeness (QED) is 0.689. The molecule has 0 unspecified atom stereocenters. The number of pyridine rings is 1. The van der Waals surface area contributed by atoms with Crippen LogP contribution in [0.5, 0.6) is 5.88 Å². The largest absolute Gasteiger partial charge is 0.481 e. The van der Waals surface area contributed by atoms with E-state index in [1.807, 2.05) is 13.0 Å². The van der Waals surface area contributed by atoms with Crippen LogP contribution in [0, 0.1) is 17.0 Å². The summed E-state index contributed by atoms with van der Waals surface area (Å²) in [6.45, 7) is 6.43. The van der Waals surface area contributed by atoms with Gasteiger partial charge in [-0.2, -0.15) is 0 Å². The Hall–Kier alpha value is -1.97. The lowest BCUT2D eigenvalue weighted by atomic mass is 9.75. The summed E-state index contributed by atoms with van der Waals surface area (Å²) >= 11 is 0. The average Bonchev–Trinajstić information content (AvgIpc) is 2.94. The third kappa shape index (κ3) is 3.26. The van der Waals surface area contributed by atoms with Gasteiger partial charge < -0.3 is 4.74 Å². The Kier molecular flexibility index (Phi) is 4.81. The van der Waals surface area contributed by atoms with E-state index in [1.54, 1.807) is 6.07 Å². The van der Waals surface area contributed by atoms with Gasteiger partial charge in [0.1, 0.15) is 11.6 Å². The van der Waals surface area contributed by atoms with Crippen molar-refractivity contribution in [3.05, 3.63) is 47.2 Å². The zero-order valence-electron chi connectivity index (χ0n) is 15.3. The number of aryl methyl sites for hydroxylation is 1. The van der Waals surface area contributed by atoms with Crippen LogP contribution in [0.15, 0.2) is 24.4 Å². The number of hydrogen-bond acceptors (Lipinski definition) is 2. The van der Waals surface area contributed by atoms with Crippen molar-refractivity contribution in [2.75, 3.05) is 7.11 Å². The number of aromatic nitrogens is 1.